The van der Waals surface area contributed by atoms with E-state index in [1.54, 1.807) is 36.1 Å². The molecular weight excluding hydrogens is 300 g/mol. The molecular formula is C16H20N2O3S. The first-order chi connectivity index (χ1) is 10.3. The Hall–Kier alpha value is -2.00. The molecule has 118 valence electrons. The van der Waals surface area contributed by atoms with Gasteiger partial charge < -0.3 is 10.2 Å². The summed E-state index contributed by atoms with van der Waals surface area (Å²) in [6.07, 6.45) is 8.35. The minimum absolute atomic E-state index is 0.0404. The molecule has 1 aromatic carbocycles. The fourth-order valence-electron chi connectivity index (χ4n) is 2.47. The maximum atomic E-state index is 12.5. The number of urea groups is 1. The Balaban J connectivity index is 2.11. The van der Waals surface area contributed by atoms with Gasteiger partial charge in [0.25, 0.3) is 0 Å². The molecule has 2 amide bonds. The number of hydrogen-bond donors (Lipinski definition) is 1. The number of benzene rings is 1. The summed E-state index contributed by atoms with van der Waals surface area (Å²) >= 11 is 0. The average Bonchev–Trinajstić information content (AvgIpc) is 3.21. The Morgan fingerprint density at radius 3 is 2.73 bits per heavy atom. The van der Waals surface area contributed by atoms with E-state index in [2.05, 4.69) is 11.2 Å². The van der Waals surface area contributed by atoms with Gasteiger partial charge in [-0.3, -0.25) is 0 Å². The van der Waals surface area contributed by atoms with Crippen LogP contribution in [0.3, 0.4) is 0 Å². The van der Waals surface area contributed by atoms with Crippen LogP contribution in [0.1, 0.15) is 25.3 Å². The summed E-state index contributed by atoms with van der Waals surface area (Å²) in [7, 11) is -3.14. The van der Waals surface area contributed by atoms with Crippen LogP contribution in [0.15, 0.2) is 24.3 Å². The van der Waals surface area contributed by atoms with Crippen molar-refractivity contribution in [2.45, 2.75) is 31.8 Å². The number of nitrogens with zero attached hydrogens (tertiary/aromatic N) is 1. The molecule has 0 spiro atoms. The molecule has 0 bridgehead atoms. The molecule has 1 saturated carbocycles. The quantitative estimate of drug-likeness (QED) is 0.845. The van der Waals surface area contributed by atoms with Crippen LogP contribution < -0.4 is 5.32 Å². The first-order valence-electron chi connectivity index (χ1n) is 7.14. The van der Waals surface area contributed by atoms with Gasteiger partial charge in [0.15, 0.2) is 0 Å². The molecule has 1 fully saturated rings. The number of terminal acetylenes is 1. The van der Waals surface area contributed by atoms with E-state index in [1.807, 2.05) is 0 Å². The van der Waals surface area contributed by atoms with Crippen LogP contribution >= 0.6 is 0 Å². The SMILES string of the molecule is C#Cc1cccc(NC(=O)N(C2CC2)[C@@H](C)CS(C)(=O)=O)c1. The van der Waals surface area contributed by atoms with Gasteiger partial charge in [-0.25, -0.2) is 13.2 Å². The van der Waals surface area contributed by atoms with Crippen molar-refractivity contribution in [2.24, 2.45) is 0 Å². The van der Waals surface area contributed by atoms with Gasteiger partial charge in [0, 0.05) is 29.6 Å². The molecule has 0 aromatic heterocycles. The molecule has 1 aromatic rings. The number of carbonyl (C=O) groups excluding carboxylic acids is 1. The highest BCUT2D eigenvalue weighted by atomic mass is 32.2. The largest absolute Gasteiger partial charge is 0.322 e. The Bertz CT molecular complexity index is 702. The molecule has 1 aliphatic rings. The van der Waals surface area contributed by atoms with Crippen molar-refractivity contribution >= 4 is 21.6 Å². The second kappa shape index (κ2) is 6.41. The lowest BCUT2D eigenvalue weighted by molar-refractivity contribution is 0.194. The lowest BCUT2D eigenvalue weighted by Gasteiger charge is -2.29. The van der Waals surface area contributed by atoms with Crippen LogP contribution in [-0.4, -0.2) is 43.4 Å². The average molecular weight is 320 g/mol. The lowest BCUT2D eigenvalue weighted by Crippen LogP contribution is -2.46. The first kappa shape index (κ1) is 16.4. The fourth-order valence-corrected chi connectivity index (χ4v) is 3.51. The summed E-state index contributed by atoms with van der Waals surface area (Å²) in [6.45, 7) is 1.76. The minimum atomic E-state index is -3.14. The zero-order chi connectivity index (χ0) is 16.3. The van der Waals surface area contributed by atoms with Crippen molar-refractivity contribution in [3.05, 3.63) is 29.8 Å². The molecule has 0 saturated heterocycles. The molecule has 5 nitrogen and oxygen atoms in total. The summed E-state index contributed by atoms with van der Waals surface area (Å²) in [6, 6.07) is 6.49. The third kappa shape index (κ3) is 4.50. The van der Waals surface area contributed by atoms with Gasteiger partial charge >= 0.3 is 6.03 Å². The summed E-state index contributed by atoms with van der Waals surface area (Å²) in [4.78, 5) is 14.1. The third-order valence-electron chi connectivity index (χ3n) is 3.47. The molecule has 6 heteroatoms. The highest BCUT2D eigenvalue weighted by molar-refractivity contribution is 7.90. The summed E-state index contributed by atoms with van der Waals surface area (Å²) in [5.74, 6) is 2.47. The zero-order valence-electron chi connectivity index (χ0n) is 12.7. The number of hydrogen-bond acceptors (Lipinski definition) is 3. The molecule has 22 heavy (non-hydrogen) atoms. The fraction of sp³-hybridized carbons (Fsp3) is 0.438. The van der Waals surface area contributed by atoms with Crippen LogP contribution in [0.5, 0.6) is 0 Å². The van der Waals surface area contributed by atoms with Crippen LogP contribution in [-0.2, 0) is 9.84 Å². The lowest BCUT2D eigenvalue weighted by atomic mass is 10.2. The van der Waals surface area contributed by atoms with Crippen molar-refractivity contribution < 1.29 is 13.2 Å². The number of nitrogens with one attached hydrogen (secondary N) is 1. The predicted molar refractivity (Wildman–Crippen MR) is 87.4 cm³/mol. The van der Waals surface area contributed by atoms with E-state index >= 15 is 0 Å². The van der Waals surface area contributed by atoms with Crippen LogP contribution in [0.4, 0.5) is 10.5 Å². The van der Waals surface area contributed by atoms with E-state index in [0.717, 1.165) is 12.8 Å². The second-order valence-electron chi connectivity index (χ2n) is 5.74. The molecule has 0 aliphatic heterocycles. The number of anilines is 1. The normalized spacial score (nSPS) is 15.7. The molecule has 1 aliphatic carbocycles. The Labute approximate surface area is 131 Å². The van der Waals surface area contributed by atoms with Gasteiger partial charge in [0.2, 0.25) is 0 Å². The zero-order valence-corrected chi connectivity index (χ0v) is 13.6. The van der Waals surface area contributed by atoms with Crippen molar-refractivity contribution in [3.8, 4) is 12.3 Å². The van der Waals surface area contributed by atoms with Gasteiger partial charge in [0.1, 0.15) is 9.84 Å². The van der Waals surface area contributed by atoms with Crippen molar-refractivity contribution in [2.75, 3.05) is 17.3 Å². The van der Waals surface area contributed by atoms with Gasteiger partial charge in [-0.15, -0.1) is 6.42 Å². The van der Waals surface area contributed by atoms with E-state index in [1.165, 1.54) is 6.26 Å². The van der Waals surface area contributed by atoms with E-state index < -0.39 is 9.84 Å². The van der Waals surface area contributed by atoms with Crippen molar-refractivity contribution in [3.63, 3.8) is 0 Å². The second-order valence-corrected chi connectivity index (χ2v) is 7.92. The smallest absolute Gasteiger partial charge is 0.318 e. The van der Waals surface area contributed by atoms with E-state index in [0.29, 0.717) is 11.3 Å². The molecule has 0 heterocycles. The molecule has 1 atom stereocenters. The maximum Gasteiger partial charge on any atom is 0.322 e. The van der Waals surface area contributed by atoms with Gasteiger partial charge in [-0.05, 0) is 38.0 Å². The Morgan fingerprint density at radius 2 is 2.18 bits per heavy atom. The molecule has 2 rings (SSSR count). The number of rotatable bonds is 5. The van der Waals surface area contributed by atoms with Crippen LogP contribution in [0, 0.1) is 12.3 Å². The van der Waals surface area contributed by atoms with Gasteiger partial charge in [-0.1, -0.05) is 12.0 Å². The number of carbonyl (C=O) groups is 1. The van der Waals surface area contributed by atoms with Gasteiger partial charge in [0.05, 0.1) is 5.75 Å². The summed E-state index contributed by atoms with van der Waals surface area (Å²) < 4.78 is 22.9. The molecule has 0 radical (unpaired) electrons. The first-order valence-corrected chi connectivity index (χ1v) is 9.20. The van der Waals surface area contributed by atoms with Gasteiger partial charge in [-0.2, -0.15) is 0 Å². The van der Waals surface area contributed by atoms with Crippen molar-refractivity contribution in [1.82, 2.24) is 4.90 Å². The highest BCUT2D eigenvalue weighted by Gasteiger charge is 2.36. The minimum Gasteiger partial charge on any atom is -0.318 e. The summed E-state index contributed by atoms with van der Waals surface area (Å²) in [5.41, 5.74) is 1.29. The predicted octanol–water partition coefficient (Wildman–Crippen LogP) is 2.10. The third-order valence-corrected chi connectivity index (χ3v) is 4.56. The monoisotopic (exact) mass is 320 g/mol. The highest BCUT2D eigenvalue weighted by Crippen LogP contribution is 2.29. The molecule has 1 N–H and O–H groups in total. The summed E-state index contributed by atoms with van der Waals surface area (Å²) in [5, 5.41) is 2.80. The standard InChI is InChI=1S/C16H20N2O3S/c1-4-13-6-5-7-14(10-13)17-16(19)18(15-8-9-15)12(2)11-22(3,20)21/h1,5-7,10,12,15H,8-9,11H2,2-3H3,(H,17,19)/t12-/m0/s1. The van der Waals surface area contributed by atoms with Crippen LogP contribution in [0.2, 0.25) is 0 Å². The Kier molecular flexibility index (Phi) is 4.77. The number of sulfone groups is 1. The van der Waals surface area contributed by atoms with E-state index in [-0.39, 0.29) is 23.9 Å². The van der Waals surface area contributed by atoms with Crippen molar-refractivity contribution in [1.29, 1.82) is 0 Å². The van der Waals surface area contributed by atoms with E-state index in [4.69, 9.17) is 6.42 Å². The topological polar surface area (TPSA) is 66.5 Å². The van der Waals surface area contributed by atoms with E-state index in [9.17, 15) is 13.2 Å². The molecule has 0 unspecified atom stereocenters. The number of amides is 2. The van der Waals surface area contributed by atoms with Crippen LogP contribution in [0.25, 0.3) is 0 Å². The maximum absolute atomic E-state index is 12.5. The Morgan fingerprint density at radius 1 is 1.50 bits per heavy atom.